The molecule has 1 nitrogen and oxygen atoms in total. The summed E-state index contributed by atoms with van der Waals surface area (Å²) in [4.78, 5) is 0. The molecule has 2 aliphatic carbocycles. The number of nitrogens with one attached hydrogen (secondary N) is 1. The van der Waals surface area contributed by atoms with E-state index in [9.17, 15) is 0 Å². The Morgan fingerprint density at radius 2 is 1.78 bits per heavy atom. The minimum Gasteiger partial charge on any atom is -0.311 e. The molecule has 0 saturated heterocycles. The van der Waals surface area contributed by atoms with Crippen molar-refractivity contribution in [3.05, 3.63) is 34.3 Å². The van der Waals surface area contributed by atoms with Crippen molar-refractivity contribution >= 4 is 15.9 Å². The van der Waals surface area contributed by atoms with Crippen LogP contribution in [0.5, 0.6) is 0 Å². The Hall–Kier alpha value is -0.340. The molecule has 0 amide bonds. The van der Waals surface area contributed by atoms with Gasteiger partial charge in [0.1, 0.15) is 0 Å². The first-order valence-electron chi connectivity index (χ1n) is 7.33. The molecule has 2 fully saturated rings. The molecule has 18 heavy (non-hydrogen) atoms. The molecule has 0 heterocycles. The van der Waals surface area contributed by atoms with Gasteiger partial charge in [0.15, 0.2) is 0 Å². The third-order valence-corrected chi connectivity index (χ3v) is 5.03. The maximum Gasteiger partial charge on any atom is 0.0178 e. The summed E-state index contributed by atoms with van der Waals surface area (Å²) in [6, 6.07) is 10.4. The Kier molecular flexibility index (Phi) is 4.05. The summed E-state index contributed by atoms with van der Waals surface area (Å²) >= 11 is 3.56. The van der Waals surface area contributed by atoms with Crippen LogP contribution in [-0.4, -0.2) is 12.1 Å². The predicted molar refractivity (Wildman–Crippen MR) is 79.9 cm³/mol. The van der Waals surface area contributed by atoms with Gasteiger partial charge in [-0.3, -0.25) is 0 Å². The van der Waals surface area contributed by atoms with E-state index < -0.39 is 0 Å². The average Bonchev–Trinajstić information content (AvgIpc) is 2.34. The zero-order chi connectivity index (χ0) is 12.4. The van der Waals surface area contributed by atoms with E-state index in [1.807, 2.05) is 0 Å². The lowest BCUT2D eigenvalue weighted by atomic mass is 9.75. The SMILES string of the molecule is Brc1cccc(C2CC(NC3CCCCC3)C2)c1. The average molecular weight is 308 g/mol. The van der Waals surface area contributed by atoms with Crippen molar-refractivity contribution in [2.45, 2.75) is 62.9 Å². The fraction of sp³-hybridized carbons (Fsp3) is 0.625. The lowest BCUT2D eigenvalue weighted by Gasteiger charge is -2.39. The van der Waals surface area contributed by atoms with E-state index in [4.69, 9.17) is 0 Å². The van der Waals surface area contributed by atoms with E-state index >= 15 is 0 Å². The summed E-state index contributed by atoms with van der Waals surface area (Å²) < 4.78 is 1.21. The fourth-order valence-electron chi connectivity index (χ4n) is 3.39. The summed E-state index contributed by atoms with van der Waals surface area (Å²) in [6.07, 6.45) is 9.76. The normalized spacial score (nSPS) is 28.9. The smallest absolute Gasteiger partial charge is 0.0178 e. The van der Waals surface area contributed by atoms with Crippen molar-refractivity contribution in [2.75, 3.05) is 0 Å². The lowest BCUT2D eigenvalue weighted by molar-refractivity contribution is 0.238. The largest absolute Gasteiger partial charge is 0.311 e. The number of halogens is 1. The van der Waals surface area contributed by atoms with Crippen molar-refractivity contribution in [1.29, 1.82) is 0 Å². The van der Waals surface area contributed by atoms with Crippen molar-refractivity contribution < 1.29 is 0 Å². The standard InChI is InChI=1S/C16H22BrN/c17-14-6-4-5-12(9-14)13-10-16(11-13)18-15-7-2-1-3-8-15/h4-6,9,13,15-16,18H,1-3,7-8,10-11H2. The molecule has 2 heteroatoms. The number of rotatable bonds is 3. The van der Waals surface area contributed by atoms with Crippen LogP contribution in [0.3, 0.4) is 0 Å². The van der Waals surface area contributed by atoms with Crippen LogP contribution in [0, 0.1) is 0 Å². The first-order chi connectivity index (χ1) is 8.81. The highest BCUT2D eigenvalue weighted by atomic mass is 79.9. The zero-order valence-corrected chi connectivity index (χ0v) is 12.5. The third-order valence-electron chi connectivity index (χ3n) is 4.53. The van der Waals surface area contributed by atoms with Gasteiger partial charge in [-0.05, 0) is 49.3 Å². The van der Waals surface area contributed by atoms with Crippen LogP contribution in [0.4, 0.5) is 0 Å². The monoisotopic (exact) mass is 307 g/mol. The van der Waals surface area contributed by atoms with Crippen LogP contribution in [0.2, 0.25) is 0 Å². The Morgan fingerprint density at radius 1 is 1.00 bits per heavy atom. The first kappa shape index (κ1) is 12.7. The highest BCUT2D eigenvalue weighted by molar-refractivity contribution is 9.10. The van der Waals surface area contributed by atoms with Crippen LogP contribution < -0.4 is 5.32 Å². The molecule has 0 unspecified atom stereocenters. The van der Waals surface area contributed by atoms with Crippen LogP contribution in [0.25, 0.3) is 0 Å². The van der Waals surface area contributed by atoms with Crippen LogP contribution in [0.1, 0.15) is 56.4 Å². The quantitative estimate of drug-likeness (QED) is 0.859. The molecular weight excluding hydrogens is 286 g/mol. The van der Waals surface area contributed by atoms with Gasteiger partial charge < -0.3 is 5.32 Å². The summed E-state index contributed by atoms with van der Waals surface area (Å²) in [6.45, 7) is 0. The van der Waals surface area contributed by atoms with Crippen LogP contribution in [0.15, 0.2) is 28.7 Å². The van der Waals surface area contributed by atoms with Gasteiger partial charge in [-0.1, -0.05) is 47.3 Å². The van der Waals surface area contributed by atoms with Crippen molar-refractivity contribution in [2.24, 2.45) is 0 Å². The van der Waals surface area contributed by atoms with Gasteiger partial charge in [0.05, 0.1) is 0 Å². The van der Waals surface area contributed by atoms with Gasteiger partial charge in [0.25, 0.3) is 0 Å². The molecule has 2 saturated carbocycles. The maximum atomic E-state index is 3.86. The van der Waals surface area contributed by atoms with E-state index in [2.05, 4.69) is 45.5 Å². The first-order valence-corrected chi connectivity index (χ1v) is 8.12. The van der Waals surface area contributed by atoms with Gasteiger partial charge in [0.2, 0.25) is 0 Å². The Balaban J connectivity index is 1.48. The Labute approximate surface area is 118 Å². The van der Waals surface area contributed by atoms with E-state index in [-0.39, 0.29) is 0 Å². The van der Waals surface area contributed by atoms with Gasteiger partial charge in [-0.2, -0.15) is 0 Å². The predicted octanol–water partition coefficient (Wildman–Crippen LogP) is 4.62. The van der Waals surface area contributed by atoms with Crippen molar-refractivity contribution in [3.63, 3.8) is 0 Å². The topological polar surface area (TPSA) is 12.0 Å². The minimum atomic E-state index is 0.775. The van der Waals surface area contributed by atoms with Crippen LogP contribution in [-0.2, 0) is 0 Å². The molecule has 0 spiro atoms. The maximum absolute atomic E-state index is 3.86. The third kappa shape index (κ3) is 2.97. The van der Waals surface area contributed by atoms with E-state index in [0.717, 1.165) is 18.0 Å². The minimum absolute atomic E-state index is 0.775. The molecule has 98 valence electrons. The fourth-order valence-corrected chi connectivity index (χ4v) is 3.81. The van der Waals surface area contributed by atoms with E-state index in [1.54, 1.807) is 0 Å². The molecule has 0 aliphatic heterocycles. The van der Waals surface area contributed by atoms with Gasteiger partial charge >= 0.3 is 0 Å². The second-order valence-electron chi connectivity index (χ2n) is 5.92. The molecule has 2 aliphatic rings. The second kappa shape index (κ2) is 5.75. The molecular formula is C16H22BrN. The summed E-state index contributed by atoms with van der Waals surface area (Å²) in [5.74, 6) is 0.781. The Morgan fingerprint density at radius 3 is 2.50 bits per heavy atom. The molecule has 0 atom stereocenters. The second-order valence-corrected chi connectivity index (χ2v) is 6.84. The summed E-state index contributed by atoms with van der Waals surface area (Å²) in [5, 5.41) is 3.86. The molecule has 3 rings (SSSR count). The molecule has 1 N–H and O–H groups in total. The molecule has 0 radical (unpaired) electrons. The van der Waals surface area contributed by atoms with Crippen LogP contribution >= 0.6 is 15.9 Å². The summed E-state index contributed by atoms with van der Waals surface area (Å²) in [7, 11) is 0. The van der Waals surface area contributed by atoms with E-state index in [1.165, 1.54) is 55.0 Å². The highest BCUT2D eigenvalue weighted by Crippen LogP contribution is 2.38. The molecule has 0 aromatic heterocycles. The van der Waals surface area contributed by atoms with Crippen molar-refractivity contribution in [1.82, 2.24) is 5.32 Å². The number of hydrogen-bond acceptors (Lipinski definition) is 1. The lowest BCUT2D eigenvalue weighted by Crippen LogP contribution is -2.46. The molecule has 1 aromatic rings. The zero-order valence-electron chi connectivity index (χ0n) is 10.9. The molecule has 0 bridgehead atoms. The van der Waals surface area contributed by atoms with Crippen molar-refractivity contribution in [3.8, 4) is 0 Å². The number of benzene rings is 1. The molecule has 1 aromatic carbocycles. The highest BCUT2D eigenvalue weighted by Gasteiger charge is 2.31. The van der Waals surface area contributed by atoms with Gasteiger partial charge in [-0.15, -0.1) is 0 Å². The Bertz CT molecular complexity index is 392. The summed E-state index contributed by atoms with van der Waals surface area (Å²) in [5.41, 5.74) is 1.51. The number of hydrogen-bond donors (Lipinski definition) is 1. The van der Waals surface area contributed by atoms with Gasteiger partial charge in [-0.25, -0.2) is 0 Å². The van der Waals surface area contributed by atoms with Gasteiger partial charge in [0, 0.05) is 16.6 Å². The van der Waals surface area contributed by atoms with E-state index in [0.29, 0.717) is 0 Å².